The van der Waals surface area contributed by atoms with Crippen LogP contribution in [0.15, 0.2) is 54.3 Å². The number of benzene rings is 2. The van der Waals surface area contributed by atoms with Crippen LogP contribution in [-0.2, 0) is 9.59 Å². The van der Waals surface area contributed by atoms with Gasteiger partial charge in [0.15, 0.2) is 5.76 Å². The zero-order valence-electron chi connectivity index (χ0n) is 13.7. The average Bonchev–Trinajstić information content (AvgIpc) is 2.79. The zero-order chi connectivity index (χ0) is 18.1. The summed E-state index contributed by atoms with van der Waals surface area (Å²) >= 11 is 0. The Morgan fingerprint density at radius 3 is 2.28 bits per heavy atom. The number of aliphatic hydroxyl groups excluding tert-OH is 1. The van der Waals surface area contributed by atoms with Crippen LogP contribution in [0.5, 0.6) is 5.75 Å². The minimum absolute atomic E-state index is 0.160. The number of hydrogen-bond acceptors (Lipinski definition) is 4. The van der Waals surface area contributed by atoms with Crippen molar-refractivity contribution >= 4 is 23.1 Å². The minimum atomic E-state index is -0.843. The highest BCUT2D eigenvalue weighted by molar-refractivity contribution is 6.45. The number of carbonyl (C=O) groups is 2. The Labute approximate surface area is 144 Å². The molecule has 0 fully saturated rings. The molecule has 0 radical (unpaired) electrons. The monoisotopic (exact) mass is 341 g/mol. The summed E-state index contributed by atoms with van der Waals surface area (Å²) < 4.78 is 18.8. The average molecular weight is 341 g/mol. The normalized spacial score (nSPS) is 14.6. The van der Waals surface area contributed by atoms with Crippen LogP contribution in [0.2, 0.25) is 0 Å². The van der Waals surface area contributed by atoms with Crippen molar-refractivity contribution < 1.29 is 23.8 Å². The Kier molecular flexibility index (Phi) is 4.27. The molecule has 128 valence electrons. The molecule has 0 aliphatic carbocycles. The van der Waals surface area contributed by atoms with E-state index in [1.165, 1.54) is 12.1 Å². The van der Waals surface area contributed by atoms with E-state index in [1.807, 2.05) is 13.8 Å². The van der Waals surface area contributed by atoms with Gasteiger partial charge in [0.05, 0.1) is 17.4 Å². The van der Waals surface area contributed by atoms with Crippen molar-refractivity contribution in [3.63, 3.8) is 0 Å². The van der Waals surface area contributed by atoms with E-state index in [9.17, 15) is 19.1 Å². The van der Waals surface area contributed by atoms with E-state index in [4.69, 9.17) is 4.74 Å². The first-order valence-electron chi connectivity index (χ1n) is 7.73. The molecule has 0 aromatic heterocycles. The molecule has 1 heterocycles. The molecule has 1 N–H and O–H groups in total. The molecule has 2 aromatic carbocycles. The van der Waals surface area contributed by atoms with Crippen molar-refractivity contribution in [2.24, 2.45) is 0 Å². The molecular weight excluding hydrogens is 325 g/mol. The number of halogens is 1. The van der Waals surface area contributed by atoms with Crippen LogP contribution in [0, 0.1) is 5.82 Å². The SMILES string of the molecule is CC(C)Oc1ccccc1N1C(=O)C(O)=C(c2ccc(F)cc2)C1=O. The number of ether oxygens (including phenoxy) is 1. The predicted octanol–water partition coefficient (Wildman–Crippen LogP) is 3.46. The van der Waals surface area contributed by atoms with Gasteiger partial charge >= 0.3 is 5.91 Å². The van der Waals surface area contributed by atoms with Crippen LogP contribution < -0.4 is 9.64 Å². The van der Waals surface area contributed by atoms with Gasteiger partial charge in [0, 0.05) is 0 Å². The maximum atomic E-state index is 13.1. The summed E-state index contributed by atoms with van der Waals surface area (Å²) in [5.74, 6) is -2.32. The lowest BCUT2D eigenvalue weighted by molar-refractivity contribution is -0.121. The number of carbonyl (C=O) groups excluding carboxylic acids is 2. The van der Waals surface area contributed by atoms with Crippen molar-refractivity contribution in [3.05, 3.63) is 65.7 Å². The van der Waals surface area contributed by atoms with E-state index in [0.29, 0.717) is 5.75 Å². The third kappa shape index (κ3) is 2.98. The lowest BCUT2D eigenvalue weighted by Crippen LogP contribution is -2.32. The molecule has 0 spiro atoms. The van der Waals surface area contributed by atoms with E-state index in [2.05, 4.69) is 0 Å². The highest BCUT2D eigenvalue weighted by Gasteiger charge is 2.41. The van der Waals surface area contributed by atoms with Crippen LogP contribution in [-0.4, -0.2) is 23.0 Å². The number of rotatable bonds is 4. The summed E-state index contributed by atoms with van der Waals surface area (Å²) in [6.45, 7) is 3.65. The molecule has 2 aromatic rings. The molecule has 0 saturated heterocycles. The first kappa shape index (κ1) is 16.7. The first-order valence-corrected chi connectivity index (χ1v) is 7.73. The molecule has 1 aliphatic rings. The molecular formula is C19H16FNO4. The Morgan fingerprint density at radius 1 is 1.00 bits per heavy atom. The molecule has 2 amide bonds. The van der Waals surface area contributed by atoms with Gasteiger partial charge in [0.25, 0.3) is 5.91 Å². The number of amides is 2. The molecule has 3 rings (SSSR count). The number of hydrogen-bond donors (Lipinski definition) is 1. The predicted molar refractivity (Wildman–Crippen MR) is 90.6 cm³/mol. The lowest BCUT2D eigenvalue weighted by atomic mass is 10.1. The van der Waals surface area contributed by atoms with Crippen molar-refractivity contribution in [3.8, 4) is 5.75 Å². The van der Waals surface area contributed by atoms with Gasteiger partial charge in [-0.2, -0.15) is 0 Å². The smallest absolute Gasteiger partial charge is 0.301 e. The molecule has 0 atom stereocenters. The van der Waals surface area contributed by atoms with Gasteiger partial charge in [-0.25, -0.2) is 9.29 Å². The molecule has 0 bridgehead atoms. The van der Waals surface area contributed by atoms with Gasteiger partial charge in [-0.3, -0.25) is 9.59 Å². The Balaban J connectivity index is 2.04. The summed E-state index contributed by atoms with van der Waals surface area (Å²) in [4.78, 5) is 26.1. The number of nitrogens with zero attached hydrogens (tertiary/aromatic N) is 1. The first-order chi connectivity index (χ1) is 11.9. The van der Waals surface area contributed by atoms with Gasteiger partial charge in [-0.15, -0.1) is 0 Å². The number of anilines is 1. The van der Waals surface area contributed by atoms with E-state index in [1.54, 1.807) is 24.3 Å². The van der Waals surface area contributed by atoms with Crippen molar-refractivity contribution in [2.45, 2.75) is 20.0 Å². The maximum Gasteiger partial charge on any atom is 0.301 e. The van der Waals surface area contributed by atoms with Crippen LogP contribution in [0.25, 0.3) is 5.57 Å². The fourth-order valence-corrected chi connectivity index (χ4v) is 2.61. The van der Waals surface area contributed by atoms with E-state index in [0.717, 1.165) is 17.0 Å². The van der Waals surface area contributed by atoms with E-state index < -0.39 is 23.4 Å². The number of para-hydroxylation sites is 2. The highest BCUT2D eigenvalue weighted by atomic mass is 19.1. The van der Waals surface area contributed by atoms with Crippen LogP contribution in [0.4, 0.5) is 10.1 Å². The van der Waals surface area contributed by atoms with Crippen molar-refractivity contribution in [1.82, 2.24) is 0 Å². The summed E-state index contributed by atoms with van der Waals surface area (Å²) in [6.07, 6.45) is -0.160. The van der Waals surface area contributed by atoms with Crippen molar-refractivity contribution in [1.29, 1.82) is 0 Å². The zero-order valence-corrected chi connectivity index (χ0v) is 13.7. The Morgan fingerprint density at radius 2 is 1.64 bits per heavy atom. The Hall–Kier alpha value is -3.15. The van der Waals surface area contributed by atoms with Gasteiger partial charge in [-0.05, 0) is 43.7 Å². The molecule has 5 nitrogen and oxygen atoms in total. The maximum absolute atomic E-state index is 13.1. The number of aliphatic hydroxyl groups is 1. The van der Waals surface area contributed by atoms with Gasteiger partial charge in [-0.1, -0.05) is 24.3 Å². The molecule has 0 unspecified atom stereocenters. The summed E-state index contributed by atoms with van der Waals surface area (Å²) in [5, 5.41) is 10.2. The standard InChI is InChI=1S/C19H16FNO4/c1-11(2)25-15-6-4-3-5-14(15)21-18(23)16(17(22)19(21)24)12-7-9-13(20)10-8-12/h3-11,22H,1-2H3. The van der Waals surface area contributed by atoms with E-state index >= 15 is 0 Å². The minimum Gasteiger partial charge on any atom is -0.502 e. The second-order valence-electron chi connectivity index (χ2n) is 5.81. The van der Waals surface area contributed by atoms with Crippen molar-refractivity contribution in [2.75, 3.05) is 4.90 Å². The topological polar surface area (TPSA) is 66.8 Å². The van der Waals surface area contributed by atoms with Crippen LogP contribution in [0.3, 0.4) is 0 Å². The molecule has 6 heteroatoms. The second kappa shape index (κ2) is 6.39. The lowest BCUT2D eigenvalue weighted by Gasteiger charge is -2.20. The largest absolute Gasteiger partial charge is 0.502 e. The highest BCUT2D eigenvalue weighted by Crippen LogP contribution is 2.37. The fourth-order valence-electron chi connectivity index (χ4n) is 2.61. The second-order valence-corrected chi connectivity index (χ2v) is 5.81. The molecule has 25 heavy (non-hydrogen) atoms. The molecule has 0 saturated carbocycles. The van der Waals surface area contributed by atoms with Crippen LogP contribution in [0.1, 0.15) is 19.4 Å². The van der Waals surface area contributed by atoms with Gasteiger partial charge < -0.3 is 9.84 Å². The quantitative estimate of drug-likeness (QED) is 0.865. The fraction of sp³-hybridized carbons (Fsp3) is 0.158. The number of imide groups is 1. The molecule has 1 aliphatic heterocycles. The van der Waals surface area contributed by atoms with Gasteiger partial charge in [0.1, 0.15) is 11.6 Å². The summed E-state index contributed by atoms with van der Waals surface area (Å²) in [6, 6.07) is 11.6. The summed E-state index contributed by atoms with van der Waals surface area (Å²) in [5.41, 5.74) is 0.348. The van der Waals surface area contributed by atoms with E-state index in [-0.39, 0.29) is 22.9 Å². The Bertz CT molecular complexity index is 871. The van der Waals surface area contributed by atoms with Crippen LogP contribution >= 0.6 is 0 Å². The van der Waals surface area contributed by atoms with Gasteiger partial charge in [0.2, 0.25) is 0 Å². The third-order valence-corrected chi connectivity index (χ3v) is 3.66. The summed E-state index contributed by atoms with van der Waals surface area (Å²) in [7, 11) is 0. The third-order valence-electron chi connectivity index (χ3n) is 3.66.